The van der Waals surface area contributed by atoms with Crippen molar-refractivity contribution in [3.05, 3.63) is 45.1 Å². The van der Waals surface area contributed by atoms with Crippen LogP contribution in [0, 0.1) is 29.6 Å². The molecule has 0 saturated heterocycles. The van der Waals surface area contributed by atoms with E-state index in [-0.39, 0.29) is 0 Å². The summed E-state index contributed by atoms with van der Waals surface area (Å²) in [6, 6.07) is 8.32. The van der Waals surface area contributed by atoms with E-state index in [1.807, 2.05) is 0 Å². The zero-order valence-electron chi connectivity index (χ0n) is 24.5. The lowest BCUT2D eigenvalue weighted by Gasteiger charge is -2.24. The SMILES string of the molecule is CC(C)C#Cc1ccc(C#Cc2cc(OCCCCN(C)C)c(C(C)C)cc2OCCC[N+](C)(C)C)s1. The van der Waals surface area contributed by atoms with E-state index in [0.29, 0.717) is 25.0 Å². The Hall–Kier alpha value is -2.44. The van der Waals surface area contributed by atoms with Gasteiger partial charge in [-0.2, -0.15) is 0 Å². The van der Waals surface area contributed by atoms with E-state index >= 15 is 0 Å². The van der Waals surface area contributed by atoms with Crippen LogP contribution < -0.4 is 9.47 Å². The van der Waals surface area contributed by atoms with Gasteiger partial charge in [0.25, 0.3) is 0 Å². The Kier molecular flexibility index (Phi) is 12.6. The van der Waals surface area contributed by atoms with Gasteiger partial charge in [0.15, 0.2) is 0 Å². The molecule has 0 aliphatic carbocycles. The molecule has 1 aromatic carbocycles. The highest BCUT2D eigenvalue weighted by Gasteiger charge is 2.15. The van der Waals surface area contributed by atoms with Crippen LogP contribution in [0.5, 0.6) is 11.5 Å². The molecule has 2 rings (SSSR count). The van der Waals surface area contributed by atoms with Crippen LogP contribution in [0.2, 0.25) is 0 Å². The van der Waals surface area contributed by atoms with Gasteiger partial charge in [-0.1, -0.05) is 51.4 Å². The summed E-state index contributed by atoms with van der Waals surface area (Å²) in [7, 11) is 10.8. The highest BCUT2D eigenvalue weighted by Crippen LogP contribution is 2.34. The summed E-state index contributed by atoms with van der Waals surface area (Å²) in [4.78, 5) is 4.26. The van der Waals surface area contributed by atoms with Gasteiger partial charge in [0.1, 0.15) is 11.5 Å². The van der Waals surface area contributed by atoms with Crippen molar-refractivity contribution in [3.8, 4) is 35.2 Å². The normalized spacial score (nSPS) is 11.4. The molecular formula is C32H47N2O2S+. The zero-order chi connectivity index (χ0) is 27.4. The van der Waals surface area contributed by atoms with E-state index in [1.165, 1.54) is 5.56 Å². The average Bonchev–Trinajstić information content (AvgIpc) is 3.26. The Bertz CT molecular complexity index is 1100. The van der Waals surface area contributed by atoms with Gasteiger partial charge in [-0.05, 0) is 63.7 Å². The third-order valence-corrected chi connectivity index (χ3v) is 6.55. The first-order valence-electron chi connectivity index (χ1n) is 13.5. The molecule has 2 aromatic rings. The fourth-order valence-electron chi connectivity index (χ4n) is 3.62. The van der Waals surface area contributed by atoms with Crippen molar-refractivity contribution in [1.29, 1.82) is 0 Å². The minimum atomic E-state index is 0.326. The smallest absolute Gasteiger partial charge is 0.135 e. The number of ether oxygens (including phenoxy) is 2. The Balaban J connectivity index is 2.31. The monoisotopic (exact) mass is 523 g/mol. The molecule has 0 bridgehead atoms. The van der Waals surface area contributed by atoms with E-state index in [2.05, 4.69) is 116 Å². The molecule has 0 unspecified atom stereocenters. The Morgan fingerprint density at radius 2 is 1.49 bits per heavy atom. The number of nitrogens with zero attached hydrogens (tertiary/aromatic N) is 2. The lowest BCUT2D eigenvalue weighted by molar-refractivity contribution is -0.870. The second kappa shape index (κ2) is 15.1. The maximum absolute atomic E-state index is 6.31. The van der Waals surface area contributed by atoms with E-state index in [1.54, 1.807) is 11.3 Å². The molecule has 0 radical (unpaired) electrons. The number of hydrogen-bond donors (Lipinski definition) is 0. The number of quaternary nitrogens is 1. The second-order valence-electron chi connectivity index (χ2n) is 11.5. The molecule has 0 saturated carbocycles. The van der Waals surface area contributed by atoms with E-state index in [0.717, 1.165) is 63.7 Å². The zero-order valence-corrected chi connectivity index (χ0v) is 25.3. The van der Waals surface area contributed by atoms with Gasteiger partial charge in [-0.25, -0.2) is 0 Å². The van der Waals surface area contributed by atoms with E-state index in [9.17, 15) is 0 Å². The Morgan fingerprint density at radius 3 is 2.11 bits per heavy atom. The Labute approximate surface area is 230 Å². The third kappa shape index (κ3) is 12.1. The van der Waals surface area contributed by atoms with Gasteiger partial charge < -0.3 is 18.9 Å². The van der Waals surface area contributed by atoms with Crippen molar-refractivity contribution in [2.45, 2.75) is 52.9 Å². The maximum Gasteiger partial charge on any atom is 0.135 e. The lowest BCUT2D eigenvalue weighted by atomic mass is 9.99. The molecule has 0 aliphatic rings. The number of rotatable bonds is 12. The molecule has 1 aromatic heterocycles. The summed E-state index contributed by atoms with van der Waals surface area (Å²) in [6.45, 7) is 12.1. The first kappa shape index (κ1) is 30.8. The largest absolute Gasteiger partial charge is 0.493 e. The molecule has 0 atom stereocenters. The van der Waals surface area contributed by atoms with Gasteiger partial charge in [-0.15, -0.1) is 11.3 Å². The van der Waals surface area contributed by atoms with Gasteiger partial charge in [0.05, 0.1) is 56.2 Å². The fraction of sp³-hybridized carbons (Fsp3) is 0.562. The van der Waals surface area contributed by atoms with Crippen molar-refractivity contribution < 1.29 is 14.0 Å². The average molecular weight is 524 g/mol. The minimum Gasteiger partial charge on any atom is -0.493 e. The van der Waals surface area contributed by atoms with Crippen LogP contribution in [0.4, 0.5) is 0 Å². The predicted molar refractivity (Wildman–Crippen MR) is 159 cm³/mol. The van der Waals surface area contributed by atoms with Crippen molar-refractivity contribution in [1.82, 2.24) is 4.90 Å². The van der Waals surface area contributed by atoms with Crippen LogP contribution in [-0.2, 0) is 0 Å². The Morgan fingerprint density at radius 1 is 0.838 bits per heavy atom. The molecule has 0 N–H and O–H groups in total. The van der Waals surface area contributed by atoms with E-state index < -0.39 is 0 Å². The lowest BCUT2D eigenvalue weighted by Crippen LogP contribution is -2.36. The molecule has 202 valence electrons. The van der Waals surface area contributed by atoms with Crippen molar-refractivity contribution in [2.75, 3.05) is 61.5 Å². The highest BCUT2D eigenvalue weighted by atomic mass is 32.1. The maximum atomic E-state index is 6.31. The topological polar surface area (TPSA) is 21.7 Å². The predicted octanol–water partition coefficient (Wildman–Crippen LogP) is 6.47. The molecule has 37 heavy (non-hydrogen) atoms. The molecule has 0 spiro atoms. The number of thiophene rings is 1. The molecular weight excluding hydrogens is 476 g/mol. The fourth-order valence-corrected chi connectivity index (χ4v) is 4.34. The van der Waals surface area contributed by atoms with Crippen LogP contribution in [0.25, 0.3) is 0 Å². The first-order chi connectivity index (χ1) is 17.4. The van der Waals surface area contributed by atoms with Crippen LogP contribution >= 0.6 is 11.3 Å². The third-order valence-electron chi connectivity index (χ3n) is 5.63. The van der Waals surface area contributed by atoms with Crippen molar-refractivity contribution in [2.24, 2.45) is 5.92 Å². The van der Waals surface area contributed by atoms with E-state index in [4.69, 9.17) is 9.47 Å². The summed E-state index contributed by atoms with van der Waals surface area (Å²) in [6.07, 6.45) is 3.13. The van der Waals surface area contributed by atoms with Gasteiger partial charge in [0.2, 0.25) is 0 Å². The van der Waals surface area contributed by atoms with Crippen molar-refractivity contribution in [3.63, 3.8) is 0 Å². The number of unbranched alkanes of at least 4 members (excludes halogenated alkanes) is 1. The van der Waals surface area contributed by atoms with Gasteiger partial charge >= 0.3 is 0 Å². The molecule has 5 heteroatoms. The van der Waals surface area contributed by atoms with Crippen LogP contribution in [0.1, 0.15) is 73.8 Å². The minimum absolute atomic E-state index is 0.326. The number of hydrogen-bond acceptors (Lipinski definition) is 4. The quantitative estimate of drug-likeness (QED) is 0.181. The molecule has 1 heterocycles. The van der Waals surface area contributed by atoms with Gasteiger partial charge in [-0.3, -0.25) is 0 Å². The van der Waals surface area contributed by atoms with Crippen molar-refractivity contribution >= 4 is 11.3 Å². The van der Waals surface area contributed by atoms with Crippen LogP contribution in [-0.4, -0.2) is 70.9 Å². The van der Waals surface area contributed by atoms with Crippen LogP contribution in [0.15, 0.2) is 24.3 Å². The molecule has 0 amide bonds. The molecule has 4 nitrogen and oxygen atoms in total. The summed E-state index contributed by atoms with van der Waals surface area (Å²) >= 11 is 1.63. The summed E-state index contributed by atoms with van der Waals surface area (Å²) < 4.78 is 13.5. The second-order valence-corrected chi connectivity index (χ2v) is 12.5. The number of benzene rings is 1. The summed E-state index contributed by atoms with van der Waals surface area (Å²) in [5, 5.41) is 0. The highest BCUT2D eigenvalue weighted by molar-refractivity contribution is 7.13. The summed E-state index contributed by atoms with van der Waals surface area (Å²) in [5.41, 5.74) is 2.04. The first-order valence-corrected chi connectivity index (χ1v) is 14.3. The summed E-state index contributed by atoms with van der Waals surface area (Å²) in [5.74, 6) is 15.6. The molecule has 0 fully saturated rings. The standard InChI is InChI=1S/C32H47N2O2S/c1-25(2)13-15-28-17-18-29(37-28)16-14-27-23-32(36-21-11-10-19-33(5)6)30(26(3)4)24-31(27)35-22-12-20-34(7,8)9/h17-18,23-26H,10-12,19-22H2,1-9H3/q+1. The van der Waals surface area contributed by atoms with Crippen LogP contribution in [0.3, 0.4) is 0 Å². The molecule has 0 aliphatic heterocycles. The van der Waals surface area contributed by atoms with Gasteiger partial charge in [0, 0.05) is 17.9 Å².